The molecule has 0 saturated carbocycles. The zero-order valence-electron chi connectivity index (χ0n) is 13.0. The predicted molar refractivity (Wildman–Crippen MR) is 85.1 cm³/mol. The zero-order valence-corrected chi connectivity index (χ0v) is 13.0. The lowest BCUT2D eigenvalue weighted by Gasteiger charge is -2.31. The number of furan rings is 1. The SMILES string of the molecule is C[C@H](NC(=O)N1CCCC(C(=O)O)C1)c1cc2ccccc2o1. The summed E-state index contributed by atoms with van der Waals surface area (Å²) < 4.78 is 5.75. The molecule has 1 aliphatic heterocycles. The highest BCUT2D eigenvalue weighted by atomic mass is 16.4. The smallest absolute Gasteiger partial charge is 0.318 e. The highest BCUT2D eigenvalue weighted by molar-refractivity contribution is 5.79. The number of benzene rings is 1. The molecule has 0 aliphatic carbocycles. The van der Waals surface area contributed by atoms with Crippen LogP contribution in [0, 0.1) is 5.92 Å². The molecule has 1 aromatic carbocycles. The number of urea groups is 1. The quantitative estimate of drug-likeness (QED) is 0.912. The molecule has 2 aromatic rings. The molecule has 1 fully saturated rings. The molecule has 2 atom stereocenters. The second kappa shape index (κ2) is 6.32. The number of aliphatic carboxylic acids is 1. The van der Waals surface area contributed by atoms with Crippen molar-refractivity contribution >= 4 is 23.0 Å². The monoisotopic (exact) mass is 316 g/mol. The molecule has 6 nitrogen and oxygen atoms in total. The molecule has 0 bridgehead atoms. The maximum absolute atomic E-state index is 12.3. The van der Waals surface area contributed by atoms with E-state index in [2.05, 4.69) is 5.32 Å². The number of piperidine rings is 1. The molecule has 1 saturated heterocycles. The van der Waals surface area contributed by atoms with Gasteiger partial charge in [-0.1, -0.05) is 18.2 Å². The third-order valence-corrected chi connectivity index (χ3v) is 4.27. The van der Waals surface area contributed by atoms with Crippen molar-refractivity contribution < 1.29 is 19.1 Å². The number of rotatable bonds is 3. The molecule has 122 valence electrons. The summed E-state index contributed by atoms with van der Waals surface area (Å²) in [6.07, 6.45) is 1.33. The van der Waals surface area contributed by atoms with Crippen molar-refractivity contribution in [2.24, 2.45) is 5.92 Å². The Balaban J connectivity index is 1.65. The summed E-state index contributed by atoms with van der Waals surface area (Å²) in [6.45, 7) is 2.70. The number of carboxylic acid groups (broad SMARTS) is 1. The van der Waals surface area contributed by atoms with Gasteiger partial charge in [0.25, 0.3) is 0 Å². The number of fused-ring (bicyclic) bond motifs is 1. The fourth-order valence-corrected chi connectivity index (χ4v) is 2.93. The van der Waals surface area contributed by atoms with E-state index in [0.29, 0.717) is 25.1 Å². The van der Waals surface area contributed by atoms with Gasteiger partial charge < -0.3 is 19.7 Å². The minimum Gasteiger partial charge on any atom is -0.481 e. The number of hydrogen-bond donors (Lipinski definition) is 2. The molecular weight excluding hydrogens is 296 g/mol. The van der Waals surface area contributed by atoms with Gasteiger partial charge in [-0.3, -0.25) is 4.79 Å². The molecule has 6 heteroatoms. The largest absolute Gasteiger partial charge is 0.481 e. The summed E-state index contributed by atoms with van der Waals surface area (Å²) in [4.78, 5) is 25.0. The average Bonchev–Trinajstić information content (AvgIpc) is 2.99. The van der Waals surface area contributed by atoms with Crippen LogP contribution in [0.1, 0.15) is 31.6 Å². The van der Waals surface area contributed by atoms with Crippen LogP contribution in [0.5, 0.6) is 0 Å². The van der Waals surface area contributed by atoms with Crippen LogP contribution >= 0.6 is 0 Å². The standard InChI is InChI=1S/C17H20N2O4/c1-11(15-9-12-5-2-3-7-14(12)23-15)18-17(22)19-8-4-6-13(10-19)16(20)21/h2-3,5,7,9,11,13H,4,6,8,10H2,1H3,(H,18,22)(H,20,21)/t11-,13?/m0/s1. The average molecular weight is 316 g/mol. The molecule has 23 heavy (non-hydrogen) atoms. The second-order valence-corrected chi connectivity index (χ2v) is 5.98. The Labute approximate surface area is 134 Å². The van der Waals surface area contributed by atoms with Crippen molar-refractivity contribution in [2.75, 3.05) is 13.1 Å². The molecule has 2 amide bonds. The summed E-state index contributed by atoms with van der Waals surface area (Å²) in [5.41, 5.74) is 0.785. The van der Waals surface area contributed by atoms with Crippen LogP contribution in [0.15, 0.2) is 34.7 Å². The van der Waals surface area contributed by atoms with Gasteiger partial charge in [0.15, 0.2) is 0 Å². The maximum atomic E-state index is 12.3. The number of carbonyl (C=O) groups is 2. The van der Waals surface area contributed by atoms with Gasteiger partial charge in [-0.2, -0.15) is 0 Å². The van der Waals surface area contributed by atoms with Crippen LogP contribution in [0.4, 0.5) is 4.79 Å². The molecule has 2 heterocycles. The summed E-state index contributed by atoms with van der Waals surface area (Å²) in [5.74, 6) is -0.629. The van der Waals surface area contributed by atoms with E-state index in [-0.39, 0.29) is 18.6 Å². The second-order valence-electron chi connectivity index (χ2n) is 5.98. The van der Waals surface area contributed by atoms with Crippen LogP contribution < -0.4 is 5.32 Å². The highest BCUT2D eigenvalue weighted by Crippen LogP contribution is 2.24. The Morgan fingerprint density at radius 2 is 2.17 bits per heavy atom. The van der Waals surface area contributed by atoms with Crippen LogP contribution in [0.3, 0.4) is 0 Å². The van der Waals surface area contributed by atoms with Crippen LogP contribution in [0.2, 0.25) is 0 Å². The topological polar surface area (TPSA) is 82.8 Å². The first kappa shape index (κ1) is 15.4. The molecular formula is C17H20N2O4. The van der Waals surface area contributed by atoms with E-state index in [1.165, 1.54) is 0 Å². The first-order valence-electron chi connectivity index (χ1n) is 7.81. The van der Waals surface area contributed by atoms with E-state index in [9.17, 15) is 9.59 Å². The Bertz CT molecular complexity index is 691. The van der Waals surface area contributed by atoms with E-state index in [4.69, 9.17) is 9.52 Å². The lowest BCUT2D eigenvalue weighted by Crippen LogP contribution is -2.47. The lowest BCUT2D eigenvalue weighted by atomic mass is 9.99. The Morgan fingerprint density at radius 1 is 1.39 bits per heavy atom. The minimum absolute atomic E-state index is 0.246. The fourth-order valence-electron chi connectivity index (χ4n) is 2.93. The van der Waals surface area contributed by atoms with E-state index < -0.39 is 11.9 Å². The molecule has 0 spiro atoms. The van der Waals surface area contributed by atoms with Gasteiger partial charge in [0.2, 0.25) is 0 Å². The van der Waals surface area contributed by atoms with Gasteiger partial charge >= 0.3 is 12.0 Å². The van der Waals surface area contributed by atoms with Gasteiger partial charge in [0.05, 0.1) is 12.0 Å². The maximum Gasteiger partial charge on any atom is 0.318 e. The highest BCUT2D eigenvalue weighted by Gasteiger charge is 2.29. The van der Waals surface area contributed by atoms with E-state index in [1.807, 2.05) is 37.3 Å². The number of para-hydroxylation sites is 1. The third-order valence-electron chi connectivity index (χ3n) is 4.27. The van der Waals surface area contributed by atoms with Crippen molar-refractivity contribution in [3.63, 3.8) is 0 Å². The van der Waals surface area contributed by atoms with Crippen molar-refractivity contribution in [1.82, 2.24) is 10.2 Å². The van der Waals surface area contributed by atoms with Crippen LogP contribution in [0.25, 0.3) is 11.0 Å². The zero-order chi connectivity index (χ0) is 16.4. The van der Waals surface area contributed by atoms with Crippen LogP contribution in [-0.4, -0.2) is 35.1 Å². The Hall–Kier alpha value is -2.50. The summed E-state index contributed by atoms with van der Waals surface area (Å²) in [5, 5.41) is 13.0. The Kier molecular flexibility index (Phi) is 4.23. The predicted octanol–water partition coefficient (Wildman–Crippen LogP) is 3.00. The summed E-state index contributed by atoms with van der Waals surface area (Å²) in [6, 6.07) is 9.07. The number of nitrogens with zero attached hydrogens (tertiary/aromatic N) is 1. The fraction of sp³-hybridized carbons (Fsp3) is 0.412. The molecule has 1 aromatic heterocycles. The normalized spacial score (nSPS) is 19.5. The van der Waals surface area contributed by atoms with Crippen LogP contribution in [-0.2, 0) is 4.79 Å². The minimum atomic E-state index is -0.840. The molecule has 1 aliphatic rings. The van der Waals surface area contributed by atoms with Crippen molar-refractivity contribution in [2.45, 2.75) is 25.8 Å². The molecule has 1 unspecified atom stereocenters. The Morgan fingerprint density at radius 3 is 2.91 bits per heavy atom. The molecule has 2 N–H and O–H groups in total. The lowest BCUT2D eigenvalue weighted by molar-refractivity contribution is -0.143. The third kappa shape index (κ3) is 3.31. The van der Waals surface area contributed by atoms with Gasteiger partial charge in [-0.15, -0.1) is 0 Å². The first-order chi connectivity index (χ1) is 11.0. The number of hydrogen-bond acceptors (Lipinski definition) is 3. The van der Waals surface area contributed by atoms with Gasteiger partial charge in [0.1, 0.15) is 11.3 Å². The number of amides is 2. The van der Waals surface area contributed by atoms with Crippen molar-refractivity contribution in [3.8, 4) is 0 Å². The number of carbonyl (C=O) groups excluding carboxylic acids is 1. The van der Waals surface area contributed by atoms with Crippen molar-refractivity contribution in [1.29, 1.82) is 0 Å². The molecule has 0 radical (unpaired) electrons. The van der Waals surface area contributed by atoms with E-state index in [1.54, 1.807) is 4.90 Å². The van der Waals surface area contributed by atoms with E-state index >= 15 is 0 Å². The summed E-state index contributed by atoms with van der Waals surface area (Å²) in [7, 11) is 0. The van der Waals surface area contributed by atoms with E-state index in [0.717, 1.165) is 11.0 Å². The van der Waals surface area contributed by atoms with Gasteiger partial charge in [-0.05, 0) is 31.9 Å². The number of carboxylic acids is 1. The van der Waals surface area contributed by atoms with Gasteiger partial charge in [-0.25, -0.2) is 4.79 Å². The molecule has 3 rings (SSSR count). The van der Waals surface area contributed by atoms with Crippen molar-refractivity contribution in [3.05, 3.63) is 36.1 Å². The number of nitrogens with one attached hydrogen (secondary N) is 1. The number of likely N-dealkylation sites (tertiary alicyclic amines) is 1. The first-order valence-corrected chi connectivity index (χ1v) is 7.81. The van der Waals surface area contributed by atoms with Gasteiger partial charge in [0, 0.05) is 18.5 Å². The summed E-state index contributed by atoms with van der Waals surface area (Å²) >= 11 is 0.